The topological polar surface area (TPSA) is 141 Å². The van der Waals surface area contributed by atoms with Gasteiger partial charge in [0.05, 0.1) is 13.1 Å². The van der Waals surface area contributed by atoms with Crippen LogP contribution >= 0.6 is 0 Å². The van der Waals surface area contributed by atoms with Crippen molar-refractivity contribution in [3.8, 4) is 11.4 Å². The zero-order chi connectivity index (χ0) is 26.2. The van der Waals surface area contributed by atoms with Crippen molar-refractivity contribution in [3.63, 3.8) is 0 Å². The molecule has 2 aromatic carbocycles. The van der Waals surface area contributed by atoms with Crippen molar-refractivity contribution in [2.45, 2.75) is 32.4 Å². The average Bonchev–Trinajstić information content (AvgIpc) is 3.64. The fraction of sp³-hybridized carbons (Fsp3) is 0.222. The van der Waals surface area contributed by atoms with Gasteiger partial charge < -0.3 is 15.1 Å². The molecule has 0 aliphatic heterocycles. The molecular formula is C27H24N8O3. The molecule has 0 unspecified atom stereocenters. The van der Waals surface area contributed by atoms with Crippen LogP contribution in [0.15, 0.2) is 59.3 Å². The molecule has 1 aliphatic rings. The first-order valence-corrected chi connectivity index (χ1v) is 12.2. The van der Waals surface area contributed by atoms with Gasteiger partial charge in [-0.25, -0.2) is 9.97 Å². The largest absolute Gasteiger partial charge is 0.461 e. The molecule has 6 rings (SSSR count). The number of nitrogens with zero attached hydrogens (tertiary/aromatic N) is 6. The molecule has 11 heteroatoms. The summed E-state index contributed by atoms with van der Waals surface area (Å²) in [5.41, 5.74) is 4.97. The molecule has 2 amide bonds. The van der Waals surface area contributed by atoms with Gasteiger partial charge in [0.25, 0.3) is 11.8 Å². The lowest BCUT2D eigenvalue weighted by molar-refractivity contribution is 0.0931. The number of benzene rings is 2. The number of amides is 2. The molecule has 1 aliphatic carbocycles. The van der Waals surface area contributed by atoms with Crippen LogP contribution in [-0.4, -0.2) is 42.0 Å². The summed E-state index contributed by atoms with van der Waals surface area (Å²) in [7, 11) is 1.72. The minimum Gasteiger partial charge on any atom is -0.461 e. The Morgan fingerprint density at radius 2 is 1.89 bits per heavy atom. The van der Waals surface area contributed by atoms with Crippen LogP contribution in [0.2, 0.25) is 0 Å². The molecule has 2 N–H and O–H groups in total. The summed E-state index contributed by atoms with van der Waals surface area (Å²) in [4.78, 5) is 35.3. The number of aryl methyl sites for hydroxylation is 3. The number of aromatic nitrogens is 6. The quantitative estimate of drug-likeness (QED) is 0.357. The second-order valence-electron chi connectivity index (χ2n) is 9.28. The van der Waals surface area contributed by atoms with E-state index >= 15 is 0 Å². The fourth-order valence-corrected chi connectivity index (χ4v) is 4.74. The minimum atomic E-state index is -0.395. The molecule has 0 bridgehead atoms. The fourth-order valence-electron chi connectivity index (χ4n) is 4.74. The second-order valence-corrected chi connectivity index (χ2v) is 9.28. The highest BCUT2D eigenvalue weighted by Crippen LogP contribution is 2.33. The van der Waals surface area contributed by atoms with Crippen LogP contribution in [0.5, 0.6) is 0 Å². The van der Waals surface area contributed by atoms with Crippen molar-refractivity contribution in [2.24, 2.45) is 7.05 Å². The first-order valence-electron chi connectivity index (χ1n) is 12.2. The predicted molar refractivity (Wildman–Crippen MR) is 137 cm³/mol. The summed E-state index contributed by atoms with van der Waals surface area (Å²) in [6.45, 7) is 2.19. The summed E-state index contributed by atoms with van der Waals surface area (Å²) < 4.78 is 5.66. The van der Waals surface area contributed by atoms with E-state index in [1.54, 1.807) is 7.05 Å². The minimum absolute atomic E-state index is 0.119. The maximum Gasteiger partial charge on any atom is 0.270 e. The summed E-state index contributed by atoms with van der Waals surface area (Å²) in [6.07, 6.45) is 2.80. The second kappa shape index (κ2) is 9.51. The first kappa shape index (κ1) is 23.5. The van der Waals surface area contributed by atoms with Crippen LogP contribution in [0.1, 0.15) is 55.9 Å². The molecule has 5 aromatic rings. The van der Waals surface area contributed by atoms with Crippen molar-refractivity contribution in [1.82, 2.24) is 40.8 Å². The van der Waals surface area contributed by atoms with E-state index in [-0.39, 0.29) is 23.3 Å². The zero-order valence-corrected chi connectivity index (χ0v) is 20.8. The van der Waals surface area contributed by atoms with Gasteiger partial charge in [-0.1, -0.05) is 24.3 Å². The highest BCUT2D eigenvalue weighted by molar-refractivity contribution is 5.97. The maximum atomic E-state index is 13.0. The number of hydrogen-bond acceptors (Lipinski definition) is 8. The van der Waals surface area contributed by atoms with Gasteiger partial charge in [0.15, 0.2) is 0 Å². The highest BCUT2D eigenvalue weighted by atomic mass is 16.3. The number of nitrogens with one attached hydrogen (secondary N) is 2. The normalized spacial score (nSPS) is 14.4. The van der Waals surface area contributed by atoms with E-state index in [1.165, 1.54) is 17.2 Å². The molecule has 0 radical (unpaired) electrons. The Hall–Kier alpha value is -4.93. The number of tetrazole rings is 1. The summed E-state index contributed by atoms with van der Waals surface area (Å²) in [6, 6.07) is 14.9. The van der Waals surface area contributed by atoms with Crippen molar-refractivity contribution >= 4 is 22.8 Å². The molecule has 190 valence electrons. The molecule has 11 nitrogen and oxygen atoms in total. The van der Waals surface area contributed by atoms with Gasteiger partial charge in [-0.15, -0.1) is 10.2 Å². The van der Waals surface area contributed by atoms with E-state index in [9.17, 15) is 9.59 Å². The number of rotatable bonds is 6. The molecule has 0 spiro atoms. The Balaban J connectivity index is 1.11. The van der Waals surface area contributed by atoms with Gasteiger partial charge in [-0.05, 0) is 59.9 Å². The van der Waals surface area contributed by atoms with Gasteiger partial charge >= 0.3 is 0 Å². The van der Waals surface area contributed by atoms with E-state index in [0.717, 1.165) is 51.8 Å². The van der Waals surface area contributed by atoms with Gasteiger partial charge in [0, 0.05) is 23.6 Å². The Bertz CT molecular complexity index is 1690. The van der Waals surface area contributed by atoms with E-state index in [1.807, 2.05) is 49.4 Å². The smallest absolute Gasteiger partial charge is 0.270 e. The standard InChI is InChI=1S/C27H24N8O3/c1-15-9-18-4-3-16(10-24(18)38-15)13-28-26(36)22-12-23(30-14-29-22)27(37)31-21-8-6-17-11-19(5-7-20(17)21)25-32-34-35(2)33-25/h3-5,7,9-12,14,21H,6,8,13H2,1-2H3,(H,28,36)(H,31,37)/t21-/m1/s1. The number of fused-ring (bicyclic) bond motifs is 2. The number of hydrogen-bond donors (Lipinski definition) is 2. The van der Waals surface area contributed by atoms with Gasteiger partial charge in [-0.3, -0.25) is 9.59 Å². The molecular weight excluding hydrogens is 484 g/mol. The number of carbonyl (C=O) groups excluding carboxylic acids is 2. The lowest BCUT2D eigenvalue weighted by Gasteiger charge is -2.14. The van der Waals surface area contributed by atoms with Crippen molar-refractivity contribution < 1.29 is 14.0 Å². The number of carbonyl (C=O) groups is 2. The predicted octanol–water partition coefficient (Wildman–Crippen LogP) is 3.07. The molecule has 38 heavy (non-hydrogen) atoms. The average molecular weight is 509 g/mol. The molecule has 0 fully saturated rings. The Labute approximate surface area is 217 Å². The SMILES string of the molecule is Cc1cc2ccc(CNC(=O)c3cc(C(=O)N[C@@H]4CCc5cc(-c6nnn(C)n6)ccc54)ncn3)cc2o1. The lowest BCUT2D eigenvalue weighted by atomic mass is 10.0. The third-order valence-corrected chi connectivity index (χ3v) is 6.59. The molecule has 3 aromatic heterocycles. The van der Waals surface area contributed by atoms with Crippen LogP contribution < -0.4 is 10.6 Å². The number of furan rings is 1. The van der Waals surface area contributed by atoms with Gasteiger partial charge in [-0.2, -0.15) is 4.80 Å². The van der Waals surface area contributed by atoms with E-state index in [0.29, 0.717) is 12.4 Å². The van der Waals surface area contributed by atoms with Crippen LogP contribution in [-0.2, 0) is 20.0 Å². The van der Waals surface area contributed by atoms with E-state index < -0.39 is 5.91 Å². The van der Waals surface area contributed by atoms with Gasteiger partial charge in [0.2, 0.25) is 5.82 Å². The van der Waals surface area contributed by atoms with E-state index in [2.05, 4.69) is 36.0 Å². The summed E-state index contributed by atoms with van der Waals surface area (Å²) in [5.74, 6) is 0.635. The Kier molecular flexibility index (Phi) is 5.87. The van der Waals surface area contributed by atoms with E-state index in [4.69, 9.17) is 4.42 Å². The first-order chi connectivity index (χ1) is 18.4. The summed E-state index contributed by atoms with van der Waals surface area (Å²) in [5, 5.41) is 19.1. The lowest BCUT2D eigenvalue weighted by Crippen LogP contribution is -2.29. The zero-order valence-electron chi connectivity index (χ0n) is 20.8. The van der Waals surface area contributed by atoms with Crippen molar-refractivity contribution in [1.29, 1.82) is 0 Å². The molecule has 0 saturated carbocycles. The monoisotopic (exact) mass is 508 g/mol. The summed E-state index contributed by atoms with van der Waals surface area (Å²) >= 11 is 0. The van der Waals surface area contributed by atoms with Crippen LogP contribution in [0.4, 0.5) is 0 Å². The third-order valence-electron chi connectivity index (χ3n) is 6.59. The molecule has 0 saturated heterocycles. The van der Waals surface area contributed by atoms with Crippen molar-refractivity contribution in [3.05, 3.63) is 88.7 Å². The van der Waals surface area contributed by atoms with Crippen molar-refractivity contribution in [2.75, 3.05) is 0 Å². The van der Waals surface area contributed by atoms with Crippen LogP contribution in [0, 0.1) is 6.92 Å². The third kappa shape index (κ3) is 4.61. The van der Waals surface area contributed by atoms with Gasteiger partial charge in [0.1, 0.15) is 29.1 Å². The van der Waals surface area contributed by atoms with Crippen LogP contribution in [0.3, 0.4) is 0 Å². The highest BCUT2D eigenvalue weighted by Gasteiger charge is 2.26. The molecule has 1 atom stereocenters. The Morgan fingerprint density at radius 3 is 2.71 bits per heavy atom. The maximum absolute atomic E-state index is 13.0. The molecule has 3 heterocycles. The Morgan fingerprint density at radius 1 is 1.05 bits per heavy atom. The van der Waals surface area contributed by atoms with Crippen LogP contribution in [0.25, 0.3) is 22.4 Å².